The Labute approximate surface area is 147 Å². The minimum absolute atomic E-state index is 0.0672. The predicted octanol–water partition coefficient (Wildman–Crippen LogP) is 3.34. The van der Waals surface area contributed by atoms with Gasteiger partial charge in [0.25, 0.3) is 0 Å². The lowest BCUT2D eigenvalue weighted by Gasteiger charge is -2.12. The Kier molecular flexibility index (Phi) is 3.71. The second-order valence-corrected chi connectivity index (χ2v) is 6.68. The van der Waals surface area contributed by atoms with Gasteiger partial charge < -0.3 is 10.6 Å². The molecule has 4 rings (SSSR count). The summed E-state index contributed by atoms with van der Waals surface area (Å²) in [5, 5.41) is 13.2. The van der Waals surface area contributed by atoms with E-state index in [1.807, 2.05) is 20.9 Å². The van der Waals surface area contributed by atoms with Gasteiger partial charge in [-0.3, -0.25) is 9.48 Å². The lowest BCUT2D eigenvalue weighted by molar-refractivity contribution is -0.114. The standard InChI is InChI=1S/C20H22N4O/c1-12-20(13(2)24(3)23-12)22-18(25)11-21-17-10-9-15-8-7-14-5-4-6-16(17)19(14)15/h4-6,9-10,21H,7-8,11H2,1-3H3,(H,22,25). The van der Waals surface area contributed by atoms with Crippen LogP contribution in [0.2, 0.25) is 0 Å². The molecule has 0 saturated heterocycles. The van der Waals surface area contributed by atoms with Gasteiger partial charge in [0.15, 0.2) is 0 Å². The minimum atomic E-state index is -0.0672. The number of nitrogens with one attached hydrogen (secondary N) is 2. The Morgan fingerprint density at radius 3 is 2.64 bits per heavy atom. The molecule has 0 unspecified atom stereocenters. The number of carbonyl (C=O) groups is 1. The van der Waals surface area contributed by atoms with Gasteiger partial charge in [-0.05, 0) is 49.3 Å². The summed E-state index contributed by atoms with van der Waals surface area (Å²) in [5.74, 6) is -0.0672. The van der Waals surface area contributed by atoms with Gasteiger partial charge in [0.2, 0.25) is 5.91 Å². The fourth-order valence-corrected chi connectivity index (χ4v) is 3.71. The van der Waals surface area contributed by atoms with E-state index in [9.17, 15) is 4.79 Å². The molecule has 128 valence electrons. The number of aromatic nitrogens is 2. The molecule has 0 atom stereocenters. The molecular formula is C20H22N4O. The maximum absolute atomic E-state index is 12.4. The molecule has 1 aliphatic carbocycles. The summed E-state index contributed by atoms with van der Waals surface area (Å²) in [7, 11) is 1.88. The van der Waals surface area contributed by atoms with E-state index >= 15 is 0 Å². The van der Waals surface area contributed by atoms with Crippen molar-refractivity contribution in [3.63, 3.8) is 0 Å². The summed E-state index contributed by atoms with van der Waals surface area (Å²) in [5.41, 5.74) is 6.41. The highest BCUT2D eigenvalue weighted by atomic mass is 16.1. The van der Waals surface area contributed by atoms with Crippen LogP contribution >= 0.6 is 0 Å². The molecule has 0 spiro atoms. The molecule has 5 nitrogen and oxygen atoms in total. The van der Waals surface area contributed by atoms with Gasteiger partial charge in [0.1, 0.15) is 0 Å². The van der Waals surface area contributed by atoms with E-state index in [4.69, 9.17) is 0 Å². The summed E-state index contributed by atoms with van der Waals surface area (Å²) in [6.07, 6.45) is 2.21. The first kappa shape index (κ1) is 15.7. The highest BCUT2D eigenvalue weighted by molar-refractivity contribution is 6.01. The number of anilines is 2. The average molecular weight is 334 g/mol. The lowest BCUT2D eigenvalue weighted by atomic mass is 10.0. The lowest BCUT2D eigenvalue weighted by Crippen LogP contribution is -2.22. The molecule has 2 aromatic carbocycles. The maximum Gasteiger partial charge on any atom is 0.243 e. The van der Waals surface area contributed by atoms with Crippen LogP contribution in [0.4, 0.5) is 11.4 Å². The van der Waals surface area contributed by atoms with Crippen LogP contribution in [-0.4, -0.2) is 22.2 Å². The van der Waals surface area contributed by atoms with Crippen molar-refractivity contribution < 1.29 is 4.79 Å². The SMILES string of the molecule is Cc1nn(C)c(C)c1NC(=O)CNc1ccc2c3c(cccc13)CC2. The first-order chi connectivity index (χ1) is 12.0. The number of carbonyl (C=O) groups excluding carboxylic acids is 1. The smallest absolute Gasteiger partial charge is 0.243 e. The van der Waals surface area contributed by atoms with Crippen molar-refractivity contribution in [3.05, 3.63) is 52.8 Å². The van der Waals surface area contributed by atoms with Gasteiger partial charge in [-0.2, -0.15) is 5.10 Å². The zero-order valence-electron chi connectivity index (χ0n) is 14.8. The normalized spacial score (nSPS) is 12.6. The Morgan fingerprint density at radius 2 is 1.92 bits per heavy atom. The second kappa shape index (κ2) is 5.92. The molecular weight excluding hydrogens is 312 g/mol. The van der Waals surface area contributed by atoms with E-state index in [1.165, 1.54) is 21.9 Å². The number of hydrogen-bond donors (Lipinski definition) is 2. The van der Waals surface area contributed by atoms with E-state index in [0.717, 1.165) is 35.6 Å². The summed E-state index contributed by atoms with van der Waals surface area (Å²) in [4.78, 5) is 12.4. The molecule has 2 N–H and O–H groups in total. The van der Waals surface area contributed by atoms with Crippen LogP contribution in [-0.2, 0) is 24.7 Å². The fraction of sp³-hybridized carbons (Fsp3) is 0.300. The number of hydrogen-bond acceptors (Lipinski definition) is 3. The van der Waals surface area contributed by atoms with Gasteiger partial charge in [-0.15, -0.1) is 0 Å². The van der Waals surface area contributed by atoms with E-state index in [1.54, 1.807) is 4.68 Å². The van der Waals surface area contributed by atoms with Crippen molar-refractivity contribution in [2.45, 2.75) is 26.7 Å². The van der Waals surface area contributed by atoms with Crippen molar-refractivity contribution in [3.8, 4) is 0 Å². The third-order valence-electron chi connectivity index (χ3n) is 5.09. The van der Waals surface area contributed by atoms with Crippen LogP contribution in [0.25, 0.3) is 10.8 Å². The Morgan fingerprint density at radius 1 is 1.16 bits per heavy atom. The minimum Gasteiger partial charge on any atom is -0.376 e. The molecule has 25 heavy (non-hydrogen) atoms. The number of benzene rings is 2. The largest absolute Gasteiger partial charge is 0.376 e. The summed E-state index contributed by atoms with van der Waals surface area (Å²) in [6, 6.07) is 10.7. The molecule has 1 amide bonds. The van der Waals surface area contributed by atoms with Crippen LogP contribution < -0.4 is 10.6 Å². The first-order valence-electron chi connectivity index (χ1n) is 8.62. The van der Waals surface area contributed by atoms with Gasteiger partial charge in [-0.1, -0.05) is 24.3 Å². The van der Waals surface area contributed by atoms with E-state index in [-0.39, 0.29) is 12.5 Å². The van der Waals surface area contributed by atoms with Crippen LogP contribution in [0.1, 0.15) is 22.5 Å². The summed E-state index contributed by atoms with van der Waals surface area (Å²) in [6.45, 7) is 4.08. The number of rotatable bonds is 4. The zero-order chi connectivity index (χ0) is 17.6. The quantitative estimate of drug-likeness (QED) is 0.769. The maximum atomic E-state index is 12.4. The van der Waals surface area contributed by atoms with Crippen LogP contribution in [0.15, 0.2) is 30.3 Å². The Bertz CT molecular complexity index is 977. The van der Waals surface area contributed by atoms with Crippen molar-refractivity contribution >= 4 is 28.1 Å². The van der Waals surface area contributed by atoms with Crippen molar-refractivity contribution in [1.29, 1.82) is 0 Å². The number of nitrogens with zero attached hydrogens (tertiary/aromatic N) is 2. The molecule has 3 aromatic rings. The Balaban J connectivity index is 1.52. The molecule has 0 saturated carbocycles. The number of aryl methyl sites for hydroxylation is 4. The van der Waals surface area contributed by atoms with E-state index in [0.29, 0.717) is 0 Å². The van der Waals surface area contributed by atoms with Gasteiger partial charge in [0.05, 0.1) is 23.6 Å². The Hall–Kier alpha value is -2.82. The van der Waals surface area contributed by atoms with Crippen molar-refractivity contribution in [2.75, 3.05) is 17.2 Å². The van der Waals surface area contributed by atoms with Gasteiger partial charge in [-0.25, -0.2) is 0 Å². The van der Waals surface area contributed by atoms with Crippen LogP contribution in [0.3, 0.4) is 0 Å². The van der Waals surface area contributed by atoms with Crippen molar-refractivity contribution in [2.24, 2.45) is 7.05 Å². The summed E-state index contributed by atoms with van der Waals surface area (Å²) < 4.78 is 1.78. The molecule has 0 radical (unpaired) electrons. The van der Waals surface area contributed by atoms with E-state index in [2.05, 4.69) is 46.1 Å². The first-order valence-corrected chi connectivity index (χ1v) is 8.62. The third kappa shape index (κ3) is 2.65. The average Bonchev–Trinajstić information content (AvgIpc) is 3.12. The molecule has 5 heteroatoms. The summed E-state index contributed by atoms with van der Waals surface area (Å²) >= 11 is 0. The van der Waals surface area contributed by atoms with Crippen LogP contribution in [0.5, 0.6) is 0 Å². The number of amides is 1. The van der Waals surface area contributed by atoms with Crippen molar-refractivity contribution in [1.82, 2.24) is 9.78 Å². The molecule has 1 aromatic heterocycles. The second-order valence-electron chi connectivity index (χ2n) is 6.68. The highest BCUT2D eigenvalue weighted by Crippen LogP contribution is 2.34. The molecule has 0 fully saturated rings. The third-order valence-corrected chi connectivity index (χ3v) is 5.09. The van der Waals surface area contributed by atoms with E-state index < -0.39 is 0 Å². The zero-order valence-corrected chi connectivity index (χ0v) is 14.8. The van der Waals surface area contributed by atoms with Crippen LogP contribution in [0, 0.1) is 13.8 Å². The van der Waals surface area contributed by atoms with Gasteiger partial charge >= 0.3 is 0 Å². The molecule has 0 bridgehead atoms. The van der Waals surface area contributed by atoms with Gasteiger partial charge in [0, 0.05) is 18.1 Å². The molecule has 1 aliphatic rings. The fourth-order valence-electron chi connectivity index (χ4n) is 3.71. The molecule has 0 aliphatic heterocycles. The highest BCUT2D eigenvalue weighted by Gasteiger charge is 2.16. The predicted molar refractivity (Wildman–Crippen MR) is 101 cm³/mol. The molecule has 1 heterocycles. The topological polar surface area (TPSA) is 59.0 Å². The monoisotopic (exact) mass is 334 g/mol.